The number of nitrogens with one attached hydrogen (secondary N) is 1. The third kappa shape index (κ3) is 3.99. The van der Waals surface area contributed by atoms with Crippen LogP contribution in [0.25, 0.3) is 0 Å². The molecule has 0 saturated heterocycles. The van der Waals surface area contributed by atoms with E-state index in [-0.39, 0.29) is 5.91 Å². The Labute approximate surface area is 121 Å². The normalized spacial score (nSPS) is 22.3. The summed E-state index contributed by atoms with van der Waals surface area (Å²) in [5.74, 6) is 0.730. The molecule has 1 saturated carbocycles. The minimum absolute atomic E-state index is 0.0193. The van der Waals surface area contributed by atoms with Crippen molar-refractivity contribution in [1.82, 2.24) is 5.32 Å². The fourth-order valence-corrected chi connectivity index (χ4v) is 2.82. The Hall–Kier alpha value is -1.51. The molecule has 2 rings (SSSR count). The van der Waals surface area contributed by atoms with Gasteiger partial charge in [-0.3, -0.25) is 4.79 Å². The predicted molar refractivity (Wildman–Crippen MR) is 80.8 cm³/mol. The van der Waals surface area contributed by atoms with Crippen molar-refractivity contribution >= 4 is 5.91 Å². The van der Waals surface area contributed by atoms with E-state index < -0.39 is 6.10 Å². The van der Waals surface area contributed by atoms with Gasteiger partial charge in [-0.2, -0.15) is 0 Å². The fraction of sp³-hybridized carbons (Fsp3) is 0.588. The number of rotatable bonds is 4. The van der Waals surface area contributed by atoms with Gasteiger partial charge in [-0.1, -0.05) is 26.0 Å². The molecule has 0 aliphatic heterocycles. The van der Waals surface area contributed by atoms with Gasteiger partial charge < -0.3 is 10.1 Å². The van der Waals surface area contributed by atoms with Crippen LogP contribution in [0.2, 0.25) is 0 Å². The van der Waals surface area contributed by atoms with Gasteiger partial charge in [-0.15, -0.1) is 0 Å². The lowest BCUT2D eigenvalue weighted by Gasteiger charge is -2.20. The minimum Gasteiger partial charge on any atom is -0.481 e. The van der Waals surface area contributed by atoms with Gasteiger partial charge in [0, 0.05) is 6.04 Å². The summed E-state index contributed by atoms with van der Waals surface area (Å²) in [5.41, 5.74) is 1.48. The van der Waals surface area contributed by atoms with Gasteiger partial charge in [0.15, 0.2) is 6.10 Å². The molecule has 1 fully saturated rings. The second kappa shape index (κ2) is 5.86. The maximum atomic E-state index is 12.2. The molecule has 1 aliphatic carbocycles. The Bertz CT molecular complexity index is 482. The van der Waals surface area contributed by atoms with Gasteiger partial charge in [0.1, 0.15) is 5.75 Å². The molecule has 0 aromatic heterocycles. The zero-order valence-electron chi connectivity index (χ0n) is 12.9. The first kappa shape index (κ1) is 14.9. The fourth-order valence-electron chi connectivity index (χ4n) is 2.82. The minimum atomic E-state index is -0.458. The first-order chi connectivity index (χ1) is 9.35. The molecule has 1 amide bonds. The zero-order valence-corrected chi connectivity index (χ0v) is 12.9. The third-order valence-electron chi connectivity index (χ3n) is 3.99. The molecule has 0 radical (unpaired) electrons. The SMILES string of the molecule is Cc1cccc(OC(C)C(=O)NC2CCC(C)(C)C2)c1. The second-order valence-electron chi connectivity index (χ2n) is 6.69. The molecule has 3 nitrogen and oxygen atoms in total. The summed E-state index contributed by atoms with van der Waals surface area (Å²) >= 11 is 0. The van der Waals surface area contributed by atoms with Gasteiger partial charge in [-0.25, -0.2) is 0 Å². The van der Waals surface area contributed by atoms with Crippen LogP contribution in [0.4, 0.5) is 0 Å². The number of carbonyl (C=O) groups is 1. The molecule has 20 heavy (non-hydrogen) atoms. The Kier molecular flexibility index (Phi) is 4.36. The number of benzene rings is 1. The van der Waals surface area contributed by atoms with Gasteiger partial charge in [0.2, 0.25) is 0 Å². The Balaban J connectivity index is 1.86. The number of hydrogen-bond donors (Lipinski definition) is 1. The van der Waals surface area contributed by atoms with E-state index in [9.17, 15) is 4.79 Å². The highest BCUT2D eigenvalue weighted by Gasteiger charge is 2.32. The van der Waals surface area contributed by atoms with Crippen molar-refractivity contribution in [3.05, 3.63) is 29.8 Å². The molecule has 3 heteroatoms. The molecular weight excluding hydrogens is 250 g/mol. The molecule has 2 atom stereocenters. The first-order valence-electron chi connectivity index (χ1n) is 7.39. The van der Waals surface area contributed by atoms with E-state index in [4.69, 9.17) is 4.74 Å². The molecule has 0 spiro atoms. The number of carbonyl (C=O) groups excluding carboxylic acids is 1. The summed E-state index contributed by atoms with van der Waals surface area (Å²) in [6.45, 7) is 8.33. The van der Waals surface area contributed by atoms with Crippen LogP contribution in [0, 0.1) is 12.3 Å². The number of amides is 1. The van der Waals surface area contributed by atoms with Crippen molar-refractivity contribution in [2.75, 3.05) is 0 Å². The van der Waals surface area contributed by atoms with Crippen LogP contribution in [0.5, 0.6) is 5.75 Å². The van der Waals surface area contributed by atoms with E-state index in [1.165, 1.54) is 6.42 Å². The molecule has 0 bridgehead atoms. The highest BCUT2D eigenvalue weighted by atomic mass is 16.5. The van der Waals surface area contributed by atoms with Crippen LogP contribution in [0.3, 0.4) is 0 Å². The molecular formula is C17H25NO2. The van der Waals surface area contributed by atoms with Crippen LogP contribution >= 0.6 is 0 Å². The standard InChI is InChI=1S/C17H25NO2/c1-12-6-5-7-15(10-12)20-13(2)16(19)18-14-8-9-17(3,4)11-14/h5-7,10,13-14H,8-9,11H2,1-4H3,(H,18,19). The van der Waals surface area contributed by atoms with Crippen molar-refractivity contribution in [1.29, 1.82) is 0 Å². The lowest BCUT2D eigenvalue weighted by molar-refractivity contribution is -0.128. The number of aryl methyl sites for hydroxylation is 1. The third-order valence-corrected chi connectivity index (χ3v) is 3.99. The van der Waals surface area contributed by atoms with E-state index in [0.29, 0.717) is 11.5 Å². The molecule has 1 aromatic rings. The Morgan fingerprint density at radius 3 is 2.80 bits per heavy atom. The average Bonchev–Trinajstić information content (AvgIpc) is 2.68. The van der Waals surface area contributed by atoms with E-state index in [0.717, 1.165) is 24.2 Å². The highest BCUT2D eigenvalue weighted by Crippen LogP contribution is 2.36. The van der Waals surface area contributed by atoms with Crippen LogP contribution in [0.15, 0.2) is 24.3 Å². The maximum Gasteiger partial charge on any atom is 0.260 e. The van der Waals surface area contributed by atoms with Gasteiger partial charge in [0.25, 0.3) is 5.91 Å². The summed E-state index contributed by atoms with van der Waals surface area (Å²) in [5, 5.41) is 3.11. The average molecular weight is 275 g/mol. The summed E-state index contributed by atoms with van der Waals surface area (Å²) in [6, 6.07) is 8.08. The van der Waals surface area contributed by atoms with Gasteiger partial charge in [0.05, 0.1) is 0 Å². The zero-order chi connectivity index (χ0) is 14.8. The molecule has 1 N–H and O–H groups in total. The molecule has 2 unspecified atom stereocenters. The lowest BCUT2D eigenvalue weighted by atomic mass is 9.92. The topological polar surface area (TPSA) is 38.3 Å². The largest absolute Gasteiger partial charge is 0.481 e. The molecule has 0 heterocycles. The predicted octanol–water partition coefficient (Wildman–Crippen LogP) is 3.46. The number of hydrogen-bond acceptors (Lipinski definition) is 2. The van der Waals surface area contributed by atoms with Crippen LogP contribution in [-0.4, -0.2) is 18.1 Å². The second-order valence-corrected chi connectivity index (χ2v) is 6.69. The Morgan fingerprint density at radius 1 is 1.45 bits per heavy atom. The van der Waals surface area contributed by atoms with E-state index >= 15 is 0 Å². The summed E-state index contributed by atoms with van der Waals surface area (Å²) < 4.78 is 5.71. The molecule has 110 valence electrons. The van der Waals surface area contributed by atoms with Crippen LogP contribution in [-0.2, 0) is 4.79 Å². The van der Waals surface area contributed by atoms with E-state index in [1.807, 2.05) is 31.2 Å². The van der Waals surface area contributed by atoms with Crippen molar-refractivity contribution in [2.45, 2.75) is 59.1 Å². The monoisotopic (exact) mass is 275 g/mol. The summed E-state index contributed by atoms with van der Waals surface area (Å²) in [4.78, 5) is 12.2. The van der Waals surface area contributed by atoms with Crippen molar-refractivity contribution in [2.24, 2.45) is 5.41 Å². The lowest BCUT2D eigenvalue weighted by Crippen LogP contribution is -2.41. The summed E-state index contributed by atoms with van der Waals surface area (Å²) in [6.07, 6.45) is 2.83. The smallest absolute Gasteiger partial charge is 0.260 e. The van der Waals surface area contributed by atoms with Crippen molar-refractivity contribution in [3.8, 4) is 5.75 Å². The van der Waals surface area contributed by atoms with E-state index in [2.05, 4.69) is 19.2 Å². The highest BCUT2D eigenvalue weighted by molar-refractivity contribution is 5.81. The van der Waals surface area contributed by atoms with Crippen LogP contribution in [0.1, 0.15) is 45.6 Å². The van der Waals surface area contributed by atoms with Crippen LogP contribution < -0.4 is 10.1 Å². The summed E-state index contributed by atoms with van der Waals surface area (Å²) in [7, 11) is 0. The molecule has 1 aromatic carbocycles. The van der Waals surface area contributed by atoms with Crippen molar-refractivity contribution < 1.29 is 9.53 Å². The van der Waals surface area contributed by atoms with Gasteiger partial charge in [-0.05, 0) is 56.2 Å². The Morgan fingerprint density at radius 2 is 2.20 bits per heavy atom. The molecule has 1 aliphatic rings. The maximum absolute atomic E-state index is 12.2. The number of ether oxygens (including phenoxy) is 1. The first-order valence-corrected chi connectivity index (χ1v) is 7.39. The van der Waals surface area contributed by atoms with Gasteiger partial charge >= 0.3 is 0 Å². The van der Waals surface area contributed by atoms with Crippen molar-refractivity contribution in [3.63, 3.8) is 0 Å². The van der Waals surface area contributed by atoms with E-state index in [1.54, 1.807) is 6.92 Å². The quantitative estimate of drug-likeness (QED) is 0.914.